The van der Waals surface area contributed by atoms with E-state index in [2.05, 4.69) is 0 Å². The summed E-state index contributed by atoms with van der Waals surface area (Å²) >= 11 is 0. The van der Waals surface area contributed by atoms with Gasteiger partial charge < -0.3 is 23.8 Å². The summed E-state index contributed by atoms with van der Waals surface area (Å²) in [5, 5.41) is 0. The Labute approximate surface area is 196 Å². The number of carbonyl (C=O) groups excluding carboxylic acids is 4. The Balaban J connectivity index is 2.49. The maximum absolute atomic E-state index is 13.2. The third-order valence-corrected chi connectivity index (χ3v) is 5.35. The molecule has 1 atom stereocenters. The van der Waals surface area contributed by atoms with Crippen LogP contribution in [0.2, 0.25) is 0 Å². The minimum atomic E-state index is -1.54. The zero-order valence-corrected chi connectivity index (χ0v) is 19.1. The lowest BCUT2D eigenvalue weighted by atomic mass is 9.76. The van der Waals surface area contributed by atoms with E-state index < -0.39 is 40.6 Å². The summed E-state index contributed by atoms with van der Waals surface area (Å²) < 4.78 is 19.7. The number of esters is 4. The molecule has 9 heteroatoms. The third-order valence-electron chi connectivity index (χ3n) is 5.35. The van der Waals surface area contributed by atoms with Crippen LogP contribution in [0.15, 0.2) is 83.3 Å². The van der Waals surface area contributed by atoms with Crippen molar-refractivity contribution >= 4 is 30.0 Å². The molecule has 9 nitrogen and oxygen atoms in total. The number of nitrogens with zero attached hydrogens (tertiary/aromatic N) is 1. The Morgan fingerprint density at radius 2 is 1.35 bits per heavy atom. The van der Waals surface area contributed by atoms with Gasteiger partial charge in [-0.2, -0.15) is 0 Å². The van der Waals surface area contributed by atoms with Crippen LogP contribution in [0, 0.1) is 0 Å². The summed E-state index contributed by atoms with van der Waals surface area (Å²) in [6.07, 6.45) is 9.66. The molecule has 0 amide bonds. The molecule has 2 aliphatic rings. The maximum Gasteiger partial charge on any atom is 0.355 e. The van der Waals surface area contributed by atoms with Crippen LogP contribution in [-0.2, 0) is 38.1 Å². The number of fused-ring (bicyclic) bond motifs is 1. The largest absolute Gasteiger partial charge is 0.466 e. The van der Waals surface area contributed by atoms with Gasteiger partial charge in [0.05, 0.1) is 39.6 Å². The fourth-order valence-electron chi connectivity index (χ4n) is 3.85. The van der Waals surface area contributed by atoms with Crippen molar-refractivity contribution in [2.75, 3.05) is 28.4 Å². The zero-order valence-electron chi connectivity index (χ0n) is 19.1. The first-order valence-corrected chi connectivity index (χ1v) is 10.1. The van der Waals surface area contributed by atoms with Gasteiger partial charge in [0.2, 0.25) is 0 Å². The fraction of sp³-hybridized carbons (Fsp3) is 0.200. The van der Waals surface area contributed by atoms with Crippen molar-refractivity contribution in [2.45, 2.75) is 5.54 Å². The van der Waals surface area contributed by atoms with Crippen LogP contribution in [0.25, 0.3) is 6.08 Å². The number of ether oxygens (including phenoxy) is 4. The lowest BCUT2D eigenvalue weighted by Crippen LogP contribution is -2.53. The molecule has 0 aliphatic carbocycles. The van der Waals surface area contributed by atoms with Gasteiger partial charge in [-0.1, -0.05) is 42.5 Å². The van der Waals surface area contributed by atoms with Crippen LogP contribution in [0.4, 0.5) is 0 Å². The molecule has 0 saturated carbocycles. The van der Waals surface area contributed by atoms with Crippen molar-refractivity contribution in [3.8, 4) is 0 Å². The fourth-order valence-corrected chi connectivity index (χ4v) is 3.85. The van der Waals surface area contributed by atoms with Gasteiger partial charge in [-0.3, -0.25) is 0 Å². The second-order valence-corrected chi connectivity index (χ2v) is 7.08. The van der Waals surface area contributed by atoms with E-state index in [1.165, 1.54) is 11.1 Å². The summed E-state index contributed by atoms with van der Waals surface area (Å²) in [6, 6.07) is 9.18. The average Bonchev–Trinajstić information content (AvgIpc) is 2.89. The Bertz CT molecular complexity index is 1170. The van der Waals surface area contributed by atoms with Gasteiger partial charge in [0.15, 0.2) is 0 Å². The molecule has 3 rings (SSSR count). The van der Waals surface area contributed by atoms with Crippen molar-refractivity contribution < 1.29 is 38.1 Å². The summed E-state index contributed by atoms with van der Waals surface area (Å²) in [4.78, 5) is 53.4. The summed E-state index contributed by atoms with van der Waals surface area (Å²) in [7, 11) is 4.45. The highest BCUT2D eigenvalue weighted by Gasteiger charge is 2.53. The zero-order chi connectivity index (χ0) is 24.9. The molecular formula is C25H23NO8. The van der Waals surface area contributed by atoms with E-state index in [0.29, 0.717) is 0 Å². The highest BCUT2D eigenvalue weighted by atomic mass is 16.5. The first kappa shape index (κ1) is 24.2. The second kappa shape index (κ2) is 10.0. The molecule has 1 aromatic carbocycles. The molecule has 0 bridgehead atoms. The quantitative estimate of drug-likeness (QED) is 0.461. The van der Waals surface area contributed by atoms with Crippen LogP contribution in [0.1, 0.15) is 5.56 Å². The topological polar surface area (TPSA) is 108 Å². The van der Waals surface area contributed by atoms with E-state index in [-0.39, 0.29) is 11.3 Å². The van der Waals surface area contributed by atoms with E-state index in [4.69, 9.17) is 18.9 Å². The van der Waals surface area contributed by atoms with Gasteiger partial charge in [0.25, 0.3) is 0 Å². The molecule has 0 aromatic heterocycles. The first-order chi connectivity index (χ1) is 16.4. The van der Waals surface area contributed by atoms with E-state index in [9.17, 15) is 19.2 Å². The number of hydrogen-bond donors (Lipinski definition) is 0. The molecular weight excluding hydrogens is 442 g/mol. The number of methoxy groups -OCH3 is 4. The summed E-state index contributed by atoms with van der Waals surface area (Å²) in [6.45, 7) is 0. The molecule has 176 valence electrons. The van der Waals surface area contributed by atoms with Gasteiger partial charge in [-0.05, 0) is 23.8 Å². The molecule has 1 aromatic rings. The number of benzene rings is 1. The van der Waals surface area contributed by atoms with Crippen molar-refractivity contribution in [3.05, 3.63) is 88.8 Å². The Kier molecular flexibility index (Phi) is 7.15. The van der Waals surface area contributed by atoms with Crippen molar-refractivity contribution in [1.29, 1.82) is 0 Å². The molecule has 0 fully saturated rings. The number of rotatable bonds is 6. The maximum atomic E-state index is 13.2. The standard InChI is InChI=1S/C25H23NO8/c1-31-21(27)17-18(22(28)32-2)20(24(30)34-4)26-15-9-8-13-25(26,19(17)23(29)33-3)14-12-16-10-6-5-7-11-16/h5-15H,1-4H3/b14-12+/t25-/m1/s1. The van der Waals surface area contributed by atoms with Crippen LogP contribution in [0.5, 0.6) is 0 Å². The van der Waals surface area contributed by atoms with Crippen molar-refractivity contribution in [3.63, 3.8) is 0 Å². The van der Waals surface area contributed by atoms with Gasteiger partial charge >= 0.3 is 23.9 Å². The summed E-state index contributed by atoms with van der Waals surface area (Å²) in [5.74, 6) is -3.90. The van der Waals surface area contributed by atoms with E-state index in [0.717, 1.165) is 34.0 Å². The molecule has 0 N–H and O–H groups in total. The van der Waals surface area contributed by atoms with Gasteiger partial charge in [-0.25, -0.2) is 19.2 Å². The van der Waals surface area contributed by atoms with Crippen LogP contribution < -0.4 is 0 Å². The highest BCUT2D eigenvalue weighted by Crippen LogP contribution is 2.45. The third kappa shape index (κ3) is 4.03. The first-order valence-electron chi connectivity index (χ1n) is 10.1. The minimum absolute atomic E-state index is 0.234. The molecule has 2 heterocycles. The predicted molar refractivity (Wildman–Crippen MR) is 120 cm³/mol. The van der Waals surface area contributed by atoms with Crippen molar-refractivity contribution in [2.24, 2.45) is 0 Å². The Hall–Kier alpha value is -4.40. The van der Waals surface area contributed by atoms with Crippen LogP contribution >= 0.6 is 0 Å². The number of allylic oxidation sites excluding steroid dienone is 2. The van der Waals surface area contributed by atoms with Crippen LogP contribution in [0.3, 0.4) is 0 Å². The normalized spacial score (nSPS) is 19.1. The molecule has 0 radical (unpaired) electrons. The molecule has 2 aliphatic heterocycles. The predicted octanol–water partition coefficient (Wildman–Crippen LogP) is 2.08. The Morgan fingerprint density at radius 3 is 1.94 bits per heavy atom. The van der Waals surface area contributed by atoms with Gasteiger partial charge in [0, 0.05) is 6.20 Å². The van der Waals surface area contributed by atoms with E-state index in [1.807, 2.05) is 30.3 Å². The smallest absolute Gasteiger partial charge is 0.355 e. The molecule has 34 heavy (non-hydrogen) atoms. The van der Waals surface area contributed by atoms with Crippen molar-refractivity contribution in [1.82, 2.24) is 4.90 Å². The lowest BCUT2D eigenvalue weighted by molar-refractivity contribution is -0.143. The second-order valence-electron chi connectivity index (χ2n) is 7.08. The van der Waals surface area contributed by atoms with Gasteiger partial charge in [0.1, 0.15) is 16.8 Å². The molecule has 0 unspecified atom stereocenters. The Morgan fingerprint density at radius 1 is 0.765 bits per heavy atom. The minimum Gasteiger partial charge on any atom is -0.466 e. The van der Waals surface area contributed by atoms with Crippen LogP contribution in [-0.4, -0.2) is 62.8 Å². The average molecular weight is 465 g/mol. The van der Waals surface area contributed by atoms with E-state index >= 15 is 0 Å². The lowest BCUT2D eigenvalue weighted by Gasteiger charge is -2.45. The van der Waals surface area contributed by atoms with Gasteiger partial charge in [-0.15, -0.1) is 0 Å². The molecule has 0 spiro atoms. The number of carbonyl (C=O) groups is 4. The number of hydrogen-bond acceptors (Lipinski definition) is 9. The monoisotopic (exact) mass is 465 g/mol. The summed E-state index contributed by atoms with van der Waals surface area (Å²) in [5.41, 5.74) is -2.24. The molecule has 0 saturated heterocycles. The van der Waals surface area contributed by atoms with E-state index in [1.54, 1.807) is 30.4 Å². The SMILES string of the molecule is COC(=O)C1=C(C(=O)OC)N2C=CC=C[C@@]2(/C=C/c2ccccc2)C(C(=O)OC)=C1C(=O)OC. The highest BCUT2D eigenvalue weighted by molar-refractivity contribution is 6.17.